The van der Waals surface area contributed by atoms with E-state index >= 15 is 0 Å². The van der Waals surface area contributed by atoms with Gasteiger partial charge >= 0.3 is 5.97 Å². The highest BCUT2D eigenvalue weighted by molar-refractivity contribution is 5.68. The van der Waals surface area contributed by atoms with Gasteiger partial charge in [-0.3, -0.25) is 25.0 Å². The maximum atomic E-state index is 10.7. The number of hydrogen-bond donors (Lipinski definition) is 1. The van der Waals surface area contributed by atoms with Crippen LogP contribution in [0.25, 0.3) is 0 Å². The first-order valence-corrected chi connectivity index (χ1v) is 5.39. The van der Waals surface area contributed by atoms with Crippen LogP contribution >= 0.6 is 0 Å². The number of nitro groups is 2. The van der Waals surface area contributed by atoms with Gasteiger partial charge in [-0.15, -0.1) is 0 Å². The molecule has 1 rings (SSSR count). The lowest BCUT2D eigenvalue weighted by Gasteiger charge is -2.13. The molecule has 0 spiro atoms. The van der Waals surface area contributed by atoms with Gasteiger partial charge in [-0.05, 0) is 18.1 Å². The van der Waals surface area contributed by atoms with E-state index in [0.29, 0.717) is 11.1 Å². The summed E-state index contributed by atoms with van der Waals surface area (Å²) in [5.74, 6) is -2.06. The van der Waals surface area contributed by atoms with Crippen molar-refractivity contribution in [3.05, 3.63) is 49.6 Å². The van der Waals surface area contributed by atoms with Crippen molar-refractivity contribution in [2.24, 2.45) is 0 Å². The fourth-order valence-corrected chi connectivity index (χ4v) is 1.84. The molecular weight excluding hydrogens is 256 g/mol. The van der Waals surface area contributed by atoms with E-state index in [4.69, 9.17) is 5.11 Å². The molecule has 0 fully saturated rings. The van der Waals surface area contributed by atoms with Crippen LogP contribution in [-0.2, 0) is 4.79 Å². The lowest BCUT2D eigenvalue weighted by molar-refractivity contribution is -0.483. The minimum atomic E-state index is -1.18. The monoisotopic (exact) mass is 268 g/mol. The van der Waals surface area contributed by atoms with Gasteiger partial charge in [0.2, 0.25) is 6.54 Å². The molecule has 0 amide bonds. The smallest absolute Gasteiger partial charge is 0.304 e. The third kappa shape index (κ3) is 4.02. The van der Waals surface area contributed by atoms with Gasteiger partial charge < -0.3 is 5.11 Å². The van der Waals surface area contributed by atoms with Crippen molar-refractivity contribution in [3.8, 4) is 0 Å². The largest absolute Gasteiger partial charge is 0.481 e. The molecule has 0 aromatic heterocycles. The Morgan fingerprint density at radius 1 is 1.37 bits per heavy atom. The van der Waals surface area contributed by atoms with E-state index in [-0.39, 0.29) is 5.69 Å². The number of carbonyl (C=O) groups is 1. The topological polar surface area (TPSA) is 124 Å². The van der Waals surface area contributed by atoms with Crippen molar-refractivity contribution in [1.29, 1.82) is 0 Å². The van der Waals surface area contributed by atoms with Crippen LogP contribution in [0, 0.1) is 27.2 Å². The first-order chi connectivity index (χ1) is 8.81. The van der Waals surface area contributed by atoms with Gasteiger partial charge in [-0.1, -0.05) is 6.07 Å². The Labute approximate surface area is 108 Å². The SMILES string of the molecule is Cc1ccc([N+](=O)[O-])cc1C(CC(=O)O)C[N+](=O)[O-]. The summed E-state index contributed by atoms with van der Waals surface area (Å²) in [6.07, 6.45) is -0.441. The van der Waals surface area contributed by atoms with E-state index in [1.807, 2.05) is 0 Å². The maximum absolute atomic E-state index is 10.7. The molecule has 0 aliphatic carbocycles. The van der Waals surface area contributed by atoms with Crippen LogP contribution in [0.2, 0.25) is 0 Å². The molecule has 19 heavy (non-hydrogen) atoms. The first-order valence-electron chi connectivity index (χ1n) is 5.39. The Morgan fingerprint density at radius 2 is 2.00 bits per heavy atom. The van der Waals surface area contributed by atoms with Crippen molar-refractivity contribution in [1.82, 2.24) is 0 Å². The zero-order chi connectivity index (χ0) is 14.6. The van der Waals surface area contributed by atoms with Crippen molar-refractivity contribution in [2.45, 2.75) is 19.3 Å². The highest BCUT2D eigenvalue weighted by Crippen LogP contribution is 2.27. The number of carboxylic acids is 1. The van der Waals surface area contributed by atoms with Crippen molar-refractivity contribution in [2.75, 3.05) is 6.54 Å². The van der Waals surface area contributed by atoms with E-state index < -0.39 is 34.7 Å². The van der Waals surface area contributed by atoms with Gasteiger partial charge in [0, 0.05) is 17.1 Å². The minimum Gasteiger partial charge on any atom is -0.481 e. The average Bonchev–Trinajstić information content (AvgIpc) is 2.27. The number of nitrogens with zero attached hydrogens (tertiary/aromatic N) is 2. The summed E-state index contributed by atoms with van der Waals surface area (Å²) >= 11 is 0. The maximum Gasteiger partial charge on any atom is 0.304 e. The molecule has 0 aliphatic heterocycles. The van der Waals surface area contributed by atoms with Gasteiger partial charge in [0.1, 0.15) is 0 Å². The molecule has 0 aliphatic rings. The van der Waals surface area contributed by atoms with Gasteiger partial charge in [-0.25, -0.2) is 0 Å². The van der Waals surface area contributed by atoms with Crippen LogP contribution in [0.15, 0.2) is 18.2 Å². The van der Waals surface area contributed by atoms with Crippen LogP contribution in [0.5, 0.6) is 0 Å². The molecule has 0 saturated heterocycles. The summed E-state index contributed by atoms with van der Waals surface area (Å²) < 4.78 is 0. The Kier molecular flexibility index (Phi) is 4.51. The predicted molar refractivity (Wildman–Crippen MR) is 64.7 cm³/mol. The van der Waals surface area contributed by atoms with Gasteiger partial charge in [0.25, 0.3) is 5.69 Å². The van der Waals surface area contributed by atoms with E-state index in [1.165, 1.54) is 18.2 Å². The van der Waals surface area contributed by atoms with E-state index in [9.17, 15) is 25.0 Å². The fourth-order valence-electron chi connectivity index (χ4n) is 1.84. The standard InChI is InChI=1S/C11H12N2O6/c1-7-2-3-9(13(18)19)5-10(7)8(4-11(14)15)6-12(16)17/h2-3,5,8H,4,6H2,1H3,(H,14,15). The molecular formula is C11H12N2O6. The lowest BCUT2D eigenvalue weighted by atomic mass is 9.91. The number of carboxylic acid groups (broad SMARTS) is 1. The highest BCUT2D eigenvalue weighted by Gasteiger charge is 2.24. The second-order valence-electron chi connectivity index (χ2n) is 4.11. The zero-order valence-electron chi connectivity index (χ0n) is 10.1. The number of hydrogen-bond acceptors (Lipinski definition) is 5. The van der Waals surface area contributed by atoms with Crippen LogP contribution in [0.1, 0.15) is 23.5 Å². The van der Waals surface area contributed by atoms with Crippen molar-refractivity contribution in [3.63, 3.8) is 0 Å². The average molecular weight is 268 g/mol. The normalized spacial score (nSPS) is 11.8. The summed E-state index contributed by atoms with van der Waals surface area (Å²) in [6, 6.07) is 3.94. The van der Waals surface area contributed by atoms with Gasteiger partial charge in [0.05, 0.1) is 17.3 Å². The molecule has 1 aromatic rings. The Morgan fingerprint density at radius 3 is 2.47 bits per heavy atom. The third-order valence-corrected chi connectivity index (χ3v) is 2.70. The second-order valence-corrected chi connectivity index (χ2v) is 4.11. The quantitative estimate of drug-likeness (QED) is 0.619. The zero-order valence-corrected chi connectivity index (χ0v) is 10.1. The van der Waals surface area contributed by atoms with Gasteiger partial charge in [-0.2, -0.15) is 0 Å². The lowest BCUT2D eigenvalue weighted by Crippen LogP contribution is -2.17. The molecule has 0 saturated carbocycles. The first kappa shape index (κ1) is 14.6. The van der Waals surface area contributed by atoms with E-state index in [1.54, 1.807) is 6.92 Å². The molecule has 0 radical (unpaired) electrons. The molecule has 1 aromatic carbocycles. The Hall–Kier alpha value is -2.51. The Bertz CT molecular complexity index is 512. The summed E-state index contributed by atoms with van der Waals surface area (Å²) in [5, 5.41) is 30.0. The number of rotatable bonds is 6. The molecule has 8 nitrogen and oxygen atoms in total. The van der Waals surface area contributed by atoms with Crippen LogP contribution in [0.4, 0.5) is 5.69 Å². The van der Waals surface area contributed by atoms with E-state index in [2.05, 4.69) is 0 Å². The van der Waals surface area contributed by atoms with Crippen LogP contribution < -0.4 is 0 Å². The summed E-state index contributed by atoms with van der Waals surface area (Å²) in [5.41, 5.74) is 0.714. The predicted octanol–water partition coefficient (Wildman–Crippen LogP) is 1.74. The fraction of sp³-hybridized carbons (Fsp3) is 0.364. The van der Waals surface area contributed by atoms with Crippen LogP contribution in [0.3, 0.4) is 0 Å². The van der Waals surface area contributed by atoms with Gasteiger partial charge in [0.15, 0.2) is 0 Å². The summed E-state index contributed by atoms with van der Waals surface area (Å²) in [6.45, 7) is 1.06. The van der Waals surface area contributed by atoms with Crippen molar-refractivity contribution < 1.29 is 19.7 Å². The van der Waals surface area contributed by atoms with E-state index in [0.717, 1.165) is 0 Å². The summed E-state index contributed by atoms with van der Waals surface area (Å²) in [4.78, 5) is 30.8. The third-order valence-electron chi connectivity index (χ3n) is 2.70. The molecule has 0 heterocycles. The number of benzene rings is 1. The number of aryl methyl sites for hydroxylation is 1. The second kappa shape index (κ2) is 5.89. The molecule has 1 unspecified atom stereocenters. The number of nitro benzene ring substituents is 1. The molecule has 102 valence electrons. The molecule has 1 N–H and O–H groups in total. The number of non-ortho nitro benzene ring substituents is 1. The van der Waals surface area contributed by atoms with Crippen molar-refractivity contribution >= 4 is 11.7 Å². The minimum absolute atomic E-state index is 0.209. The number of aliphatic carboxylic acids is 1. The van der Waals surface area contributed by atoms with Crippen LogP contribution in [-0.4, -0.2) is 27.5 Å². The highest BCUT2D eigenvalue weighted by atomic mass is 16.6. The summed E-state index contributed by atoms with van der Waals surface area (Å²) in [7, 11) is 0. The molecule has 1 atom stereocenters. The molecule has 0 bridgehead atoms. The molecule has 8 heteroatoms. The Balaban J connectivity index is 3.19.